The van der Waals surface area contributed by atoms with E-state index >= 15 is 0 Å². The highest BCUT2D eigenvalue weighted by Gasteiger charge is 2.52. The first kappa shape index (κ1) is 15.8. The van der Waals surface area contributed by atoms with Crippen molar-refractivity contribution in [1.29, 1.82) is 0 Å². The molecule has 3 N–H and O–H groups in total. The fourth-order valence-electron chi connectivity index (χ4n) is 2.16. The van der Waals surface area contributed by atoms with E-state index in [2.05, 4.69) is 0 Å². The Morgan fingerprint density at radius 1 is 1.62 bits per heavy atom. The molecule has 9 heteroatoms. The van der Waals surface area contributed by atoms with Crippen LogP contribution in [0, 0.1) is 0 Å². The number of hydrogen-bond acceptors (Lipinski definition) is 6. The number of nitrogens with one attached hydrogen (secondary N) is 1. The van der Waals surface area contributed by atoms with Crippen LogP contribution in [0.2, 0.25) is 0 Å². The predicted octanol–water partition coefficient (Wildman–Crippen LogP) is -0.773. The van der Waals surface area contributed by atoms with Crippen LogP contribution >= 0.6 is 0 Å². The number of alkyl halides is 1. The van der Waals surface area contributed by atoms with Crippen LogP contribution in [0.3, 0.4) is 0 Å². The van der Waals surface area contributed by atoms with Crippen LogP contribution in [0.25, 0.3) is 0 Å². The van der Waals surface area contributed by atoms with Gasteiger partial charge in [-0.15, -0.1) is 0 Å². The molecule has 1 fully saturated rings. The van der Waals surface area contributed by atoms with Gasteiger partial charge in [0.25, 0.3) is 11.4 Å². The summed E-state index contributed by atoms with van der Waals surface area (Å²) in [5.74, 6) is -4.19. The molecule has 1 saturated heterocycles. The normalized spacial score (nSPS) is 29.8. The molecule has 1 aromatic rings. The topological polar surface area (TPSA) is 114 Å². The van der Waals surface area contributed by atoms with Crippen LogP contribution in [0.1, 0.15) is 26.5 Å². The Morgan fingerprint density at radius 2 is 2.29 bits per heavy atom. The van der Waals surface area contributed by atoms with Gasteiger partial charge in [-0.05, 0) is 13.8 Å². The number of rotatable bonds is 4. The molecular formula is C12H17FN2O6. The number of aliphatic hydroxyl groups excluding tert-OH is 1. The average molecular weight is 304 g/mol. The SMILES string of the molecule is CC(C)(O)OC1CC(n2ccc(=O)[nH]c2=O)OC1(F)CO. The van der Waals surface area contributed by atoms with E-state index in [4.69, 9.17) is 14.6 Å². The zero-order valence-electron chi connectivity index (χ0n) is 11.6. The van der Waals surface area contributed by atoms with Crippen molar-refractivity contribution in [3.8, 4) is 0 Å². The third kappa shape index (κ3) is 3.38. The first-order valence-electron chi connectivity index (χ1n) is 6.34. The summed E-state index contributed by atoms with van der Waals surface area (Å²) in [5, 5.41) is 18.8. The molecule has 0 aromatic carbocycles. The minimum Gasteiger partial charge on any atom is -0.390 e. The molecule has 8 nitrogen and oxygen atoms in total. The predicted molar refractivity (Wildman–Crippen MR) is 68.2 cm³/mol. The number of H-pyrrole nitrogens is 1. The average Bonchev–Trinajstić information content (AvgIpc) is 2.65. The van der Waals surface area contributed by atoms with E-state index in [9.17, 15) is 19.1 Å². The van der Waals surface area contributed by atoms with E-state index in [1.807, 2.05) is 4.98 Å². The van der Waals surface area contributed by atoms with Crippen molar-refractivity contribution in [2.45, 2.75) is 44.2 Å². The summed E-state index contributed by atoms with van der Waals surface area (Å²) in [7, 11) is 0. The van der Waals surface area contributed by atoms with Crippen LogP contribution in [-0.2, 0) is 9.47 Å². The van der Waals surface area contributed by atoms with Crippen LogP contribution in [0.15, 0.2) is 21.9 Å². The van der Waals surface area contributed by atoms with Gasteiger partial charge in [-0.25, -0.2) is 9.18 Å². The second kappa shape index (κ2) is 5.34. The second-order valence-electron chi connectivity index (χ2n) is 5.32. The van der Waals surface area contributed by atoms with Gasteiger partial charge in [-0.2, -0.15) is 0 Å². The van der Waals surface area contributed by atoms with Gasteiger partial charge in [-0.3, -0.25) is 14.3 Å². The van der Waals surface area contributed by atoms with Crippen LogP contribution in [0.4, 0.5) is 4.39 Å². The van der Waals surface area contributed by atoms with Gasteiger partial charge in [0.1, 0.15) is 18.9 Å². The first-order chi connectivity index (χ1) is 9.64. The summed E-state index contributed by atoms with van der Waals surface area (Å²) in [6.07, 6.45) is -1.30. The lowest BCUT2D eigenvalue weighted by molar-refractivity contribution is -0.274. The molecule has 0 aliphatic carbocycles. The zero-order valence-corrected chi connectivity index (χ0v) is 11.6. The van der Waals surface area contributed by atoms with Crippen molar-refractivity contribution in [3.63, 3.8) is 0 Å². The number of nitrogens with zero attached hydrogens (tertiary/aromatic N) is 1. The number of halogens is 1. The number of hydrogen-bond donors (Lipinski definition) is 3. The Balaban J connectivity index is 2.29. The van der Waals surface area contributed by atoms with Crippen molar-refractivity contribution in [2.24, 2.45) is 0 Å². The third-order valence-electron chi connectivity index (χ3n) is 3.04. The maximum atomic E-state index is 14.5. The lowest BCUT2D eigenvalue weighted by Gasteiger charge is -2.29. The zero-order chi connectivity index (χ0) is 15.8. The standard InChI is InChI=1S/C12H17FN2O6/c1-11(2,19)20-7-5-9(21-12(7,13)6-16)15-4-3-8(17)14-10(15)18/h3-4,7,9,16,19H,5-6H2,1-2H3,(H,14,17,18). The van der Waals surface area contributed by atoms with E-state index in [0.29, 0.717) is 0 Å². The van der Waals surface area contributed by atoms with Crippen molar-refractivity contribution in [3.05, 3.63) is 33.1 Å². The fraction of sp³-hybridized carbons (Fsp3) is 0.667. The van der Waals surface area contributed by atoms with Gasteiger partial charge in [0.15, 0.2) is 5.79 Å². The van der Waals surface area contributed by atoms with E-state index < -0.39 is 41.8 Å². The molecular weight excluding hydrogens is 287 g/mol. The molecule has 3 unspecified atom stereocenters. The van der Waals surface area contributed by atoms with E-state index in [1.165, 1.54) is 13.8 Å². The molecule has 0 bridgehead atoms. The van der Waals surface area contributed by atoms with Gasteiger partial charge in [0, 0.05) is 18.7 Å². The number of aromatic amines is 1. The number of aliphatic hydroxyl groups is 2. The van der Waals surface area contributed by atoms with Gasteiger partial charge in [0.05, 0.1) is 0 Å². The van der Waals surface area contributed by atoms with Gasteiger partial charge < -0.3 is 19.7 Å². The second-order valence-corrected chi connectivity index (χ2v) is 5.32. The van der Waals surface area contributed by atoms with Crippen LogP contribution in [-0.4, -0.2) is 44.1 Å². The van der Waals surface area contributed by atoms with Gasteiger partial charge >= 0.3 is 5.69 Å². The van der Waals surface area contributed by atoms with Crippen molar-refractivity contribution >= 4 is 0 Å². The molecule has 0 spiro atoms. The highest BCUT2D eigenvalue weighted by atomic mass is 19.2. The highest BCUT2D eigenvalue weighted by molar-refractivity contribution is 4.92. The molecule has 1 aromatic heterocycles. The highest BCUT2D eigenvalue weighted by Crippen LogP contribution is 2.40. The van der Waals surface area contributed by atoms with Gasteiger partial charge in [0.2, 0.25) is 0 Å². The van der Waals surface area contributed by atoms with Crippen molar-refractivity contribution in [2.75, 3.05) is 6.61 Å². The third-order valence-corrected chi connectivity index (χ3v) is 3.04. The molecule has 2 heterocycles. The number of ether oxygens (including phenoxy) is 2. The maximum Gasteiger partial charge on any atom is 0.330 e. The molecule has 2 rings (SSSR count). The Morgan fingerprint density at radius 3 is 2.81 bits per heavy atom. The summed E-state index contributed by atoms with van der Waals surface area (Å²) >= 11 is 0. The monoisotopic (exact) mass is 304 g/mol. The summed E-state index contributed by atoms with van der Waals surface area (Å²) in [6.45, 7) is 1.62. The molecule has 118 valence electrons. The first-order valence-corrected chi connectivity index (χ1v) is 6.34. The fourth-order valence-corrected chi connectivity index (χ4v) is 2.16. The molecule has 1 aliphatic heterocycles. The largest absolute Gasteiger partial charge is 0.390 e. The minimum absolute atomic E-state index is 0.118. The lowest BCUT2D eigenvalue weighted by Crippen LogP contribution is -2.44. The Kier molecular flexibility index (Phi) is 4.02. The maximum absolute atomic E-state index is 14.5. The summed E-state index contributed by atoms with van der Waals surface area (Å²) in [6, 6.07) is 1.09. The van der Waals surface area contributed by atoms with Crippen molar-refractivity contribution < 1.29 is 24.1 Å². The van der Waals surface area contributed by atoms with Crippen molar-refractivity contribution in [1.82, 2.24) is 9.55 Å². The van der Waals surface area contributed by atoms with E-state index in [0.717, 1.165) is 16.8 Å². The number of aromatic nitrogens is 2. The van der Waals surface area contributed by atoms with E-state index in [-0.39, 0.29) is 6.42 Å². The lowest BCUT2D eigenvalue weighted by atomic mass is 10.1. The smallest absolute Gasteiger partial charge is 0.330 e. The summed E-state index contributed by atoms with van der Waals surface area (Å²) in [4.78, 5) is 24.7. The molecule has 0 radical (unpaired) electrons. The Bertz CT molecular complexity index is 621. The van der Waals surface area contributed by atoms with Gasteiger partial charge in [-0.1, -0.05) is 0 Å². The Hall–Kier alpha value is -1.55. The minimum atomic E-state index is -2.56. The van der Waals surface area contributed by atoms with Crippen LogP contribution < -0.4 is 11.2 Å². The van der Waals surface area contributed by atoms with Crippen LogP contribution in [0.5, 0.6) is 0 Å². The molecule has 1 aliphatic rings. The molecule has 0 amide bonds. The molecule has 0 saturated carbocycles. The van der Waals surface area contributed by atoms with E-state index in [1.54, 1.807) is 0 Å². The summed E-state index contributed by atoms with van der Waals surface area (Å²) < 4.78 is 25.7. The quantitative estimate of drug-likeness (QED) is 0.629. The Labute approximate surface area is 118 Å². The molecule has 21 heavy (non-hydrogen) atoms. The summed E-state index contributed by atoms with van der Waals surface area (Å²) in [5.41, 5.74) is -1.36. The molecule has 3 atom stereocenters.